The Balaban J connectivity index is 2.39. The van der Waals surface area contributed by atoms with Crippen LogP contribution in [0.2, 0.25) is 0 Å². The summed E-state index contributed by atoms with van der Waals surface area (Å²) in [5.41, 5.74) is -0.301. The van der Waals surface area contributed by atoms with E-state index in [1.165, 1.54) is 0 Å². The molecule has 106 valence electrons. The molecule has 1 fully saturated rings. The monoisotopic (exact) mass is 275 g/mol. The molecule has 1 atom stereocenters. The van der Waals surface area contributed by atoms with Crippen LogP contribution in [0.15, 0.2) is 18.2 Å². The molecule has 5 heteroatoms. The fraction of sp³-hybridized carbons (Fsp3) is 0.533. The normalized spacial score (nSPS) is 21.6. The van der Waals surface area contributed by atoms with Crippen molar-refractivity contribution < 1.29 is 13.7 Å². The highest BCUT2D eigenvalue weighted by molar-refractivity contribution is 6.62. The standard InChI is InChI=1S/C15H19BFNO2/c1-10(9-18)11-7-6-8-12(13(11)17)16-19-14(2,3)15(4,5)20-16/h6-8,10H,1-5H3. The van der Waals surface area contributed by atoms with Crippen LogP contribution in [0.3, 0.4) is 0 Å². The van der Waals surface area contributed by atoms with Crippen LogP contribution in [-0.2, 0) is 9.31 Å². The van der Waals surface area contributed by atoms with E-state index < -0.39 is 30.1 Å². The third-order valence-electron chi connectivity index (χ3n) is 4.23. The van der Waals surface area contributed by atoms with E-state index in [2.05, 4.69) is 6.07 Å². The Kier molecular flexibility index (Phi) is 3.66. The SMILES string of the molecule is CC(C#N)c1cccc(B2OC(C)(C)C(C)(C)O2)c1F. The lowest BCUT2D eigenvalue weighted by atomic mass is 9.77. The first kappa shape index (κ1) is 15.0. The summed E-state index contributed by atoms with van der Waals surface area (Å²) in [5, 5.41) is 8.96. The summed E-state index contributed by atoms with van der Waals surface area (Å²) in [6.45, 7) is 9.37. The minimum Gasteiger partial charge on any atom is -0.399 e. The minimum absolute atomic E-state index is 0.350. The molecule has 1 unspecified atom stereocenters. The highest BCUT2D eigenvalue weighted by Crippen LogP contribution is 2.36. The van der Waals surface area contributed by atoms with Crippen LogP contribution in [0.1, 0.15) is 46.1 Å². The number of rotatable bonds is 2. The van der Waals surface area contributed by atoms with Crippen molar-refractivity contribution in [1.29, 1.82) is 5.26 Å². The Hall–Kier alpha value is -1.38. The Labute approximate surface area is 119 Å². The average molecular weight is 275 g/mol. The molecule has 2 rings (SSSR count). The van der Waals surface area contributed by atoms with Gasteiger partial charge in [0.1, 0.15) is 5.82 Å². The van der Waals surface area contributed by atoms with Crippen LogP contribution in [0.4, 0.5) is 4.39 Å². The second kappa shape index (κ2) is 4.87. The molecule has 0 saturated carbocycles. The smallest absolute Gasteiger partial charge is 0.399 e. The summed E-state index contributed by atoms with van der Waals surface area (Å²) in [4.78, 5) is 0. The molecule has 0 aromatic heterocycles. The zero-order valence-corrected chi connectivity index (χ0v) is 12.5. The number of nitriles is 1. The number of nitrogens with zero attached hydrogens (tertiary/aromatic N) is 1. The van der Waals surface area contributed by atoms with E-state index in [9.17, 15) is 4.39 Å². The quantitative estimate of drug-likeness (QED) is 0.779. The van der Waals surface area contributed by atoms with Crippen molar-refractivity contribution in [2.45, 2.75) is 51.7 Å². The van der Waals surface area contributed by atoms with Gasteiger partial charge >= 0.3 is 7.12 Å². The van der Waals surface area contributed by atoms with Crippen molar-refractivity contribution in [2.75, 3.05) is 0 Å². The maximum absolute atomic E-state index is 14.6. The fourth-order valence-corrected chi connectivity index (χ4v) is 2.12. The number of hydrogen-bond acceptors (Lipinski definition) is 3. The van der Waals surface area contributed by atoms with E-state index in [4.69, 9.17) is 14.6 Å². The van der Waals surface area contributed by atoms with Gasteiger partial charge in [0.25, 0.3) is 0 Å². The first-order valence-corrected chi connectivity index (χ1v) is 6.73. The van der Waals surface area contributed by atoms with Crippen molar-refractivity contribution in [1.82, 2.24) is 0 Å². The summed E-state index contributed by atoms with van der Waals surface area (Å²) in [6.07, 6.45) is 0. The zero-order chi connectivity index (χ0) is 15.1. The topological polar surface area (TPSA) is 42.2 Å². The van der Waals surface area contributed by atoms with Gasteiger partial charge in [-0.1, -0.05) is 18.2 Å². The van der Waals surface area contributed by atoms with Crippen LogP contribution < -0.4 is 5.46 Å². The van der Waals surface area contributed by atoms with Gasteiger partial charge in [-0.15, -0.1) is 0 Å². The lowest BCUT2D eigenvalue weighted by molar-refractivity contribution is 0.00578. The molecule has 0 radical (unpaired) electrons. The van der Waals surface area contributed by atoms with Gasteiger partial charge in [-0.3, -0.25) is 0 Å². The van der Waals surface area contributed by atoms with Crippen molar-refractivity contribution in [3.63, 3.8) is 0 Å². The maximum Gasteiger partial charge on any atom is 0.497 e. The van der Waals surface area contributed by atoms with Crippen LogP contribution >= 0.6 is 0 Å². The second-order valence-corrected chi connectivity index (χ2v) is 6.19. The minimum atomic E-state index is -0.745. The lowest BCUT2D eigenvalue weighted by Crippen LogP contribution is -2.41. The third-order valence-corrected chi connectivity index (χ3v) is 4.23. The van der Waals surface area contributed by atoms with Gasteiger partial charge in [0.2, 0.25) is 0 Å². The summed E-state index contributed by atoms with van der Waals surface area (Å²) < 4.78 is 26.3. The van der Waals surface area contributed by atoms with E-state index in [0.29, 0.717) is 11.0 Å². The van der Waals surface area contributed by atoms with Gasteiger partial charge in [0, 0.05) is 11.0 Å². The molecule has 1 aromatic rings. The zero-order valence-electron chi connectivity index (χ0n) is 12.5. The van der Waals surface area contributed by atoms with Crippen LogP contribution in [-0.4, -0.2) is 18.3 Å². The van der Waals surface area contributed by atoms with Gasteiger partial charge < -0.3 is 9.31 Å². The summed E-state index contributed by atoms with van der Waals surface area (Å²) >= 11 is 0. The predicted molar refractivity (Wildman–Crippen MR) is 76.1 cm³/mol. The van der Waals surface area contributed by atoms with Crippen molar-refractivity contribution in [2.24, 2.45) is 0 Å². The van der Waals surface area contributed by atoms with Gasteiger partial charge in [0.05, 0.1) is 23.2 Å². The molecule has 0 amide bonds. The Morgan fingerprint density at radius 3 is 2.25 bits per heavy atom. The first-order valence-electron chi connectivity index (χ1n) is 6.73. The predicted octanol–water partition coefficient (Wildman–Crippen LogP) is 2.75. The Morgan fingerprint density at radius 2 is 1.75 bits per heavy atom. The van der Waals surface area contributed by atoms with Crippen LogP contribution in [0.25, 0.3) is 0 Å². The number of halogens is 1. The molecule has 1 aliphatic rings. The van der Waals surface area contributed by atoms with Gasteiger partial charge in [-0.2, -0.15) is 5.26 Å². The molecule has 1 aliphatic heterocycles. The molecule has 3 nitrogen and oxygen atoms in total. The number of hydrogen-bond donors (Lipinski definition) is 0. The summed E-state index contributed by atoms with van der Waals surface area (Å²) in [6, 6.07) is 7.05. The molecule has 0 aliphatic carbocycles. The van der Waals surface area contributed by atoms with E-state index in [-0.39, 0.29) is 0 Å². The molecular weight excluding hydrogens is 256 g/mol. The first-order chi connectivity index (χ1) is 9.19. The summed E-state index contributed by atoms with van der Waals surface area (Å²) in [5.74, 6) is -0.919. The molecule has 1 saturated heterocycles. The van der Waals surface area contributed by atoms with Gasteiger partial charge in [-0.25, -0.2) is 4.39 Å². The van der Waals surface area contributed by atoms with E-state index in [1.54, 1.807) is 25.1 Å². The molecule has 20 heavy (non-hydrogen) atoms. The van der Waals surface area contributed by atoms with Crippen molar-refractivity contribution >= 4 is 12.6 Å². The highest BCUT2D eigenvalue weighted by atomic mass is 19.1. The molecule has 1 aromatic carbocycles. The highest BCUT2D eigenvalue weighted by Gasteiger charge is 2.52. The van der Waals surface area contributed by atoms with Crippen LogP contribution in [0, 0.1) is 17.1 Å². The maximum atomic E-state index is 14.6. The molecule has 1 heterocycles. The Morgan fingerprint density at radius 1 is 1.20 bits per heavy atom. The summed E-state index contributed by atoms with van der Waals surface area (Å²) in [7, 11) is -0.745. The van der Waals surface area contributed by atoms with Gasteiger partial charge in [0.15, 0.2) is 0 Å². The molecular formula is C15H19BFNO2. The fourth-order valence-electron chi connectivity index (χ4n) is 2.12. The lowest BCUT2D eigenvalue weighted by Gasteiger charge is -2.32. The second-order valence-electron chi connectivity index (χ2n) is 6.19. The Bertz CT molecular complexity index is 549. The van der Waals surface area contributed by atoms with Gasteiger partial charge in [-0.05, 0) is 34.6 Å². The number of benzene rings is 1. The molecule has 0 N–H and O–H groups in total. The van der Waals surface area contributed by atoms with Crippen molar-refractivity contribution in [3.8, 4) is 6.07 Å². The molecule has 0 spiro atoms. The third kappa shape index (κ3) is 2.34. The van der Waals surface area contributed by atoms with Crippen molar-refractivity contribution in [3.05, 3.63) is 29.6 Å². The van der Waals surface area contributed by atoms with E-state index >= 15 is 0 Å². The average Bonchev–Trinajstić information content (AvgIpc) is 2.57. The largest absolute Gasteiger partial charge is 0.497 e. The van der Waals surface area contributed by atoms with E-state index in [1.807, 2.05) is 27.7 Å². The van der Waals surface area contributed by atoms with E-state index in [0.717, 1.165) is 0 Å². The molecule has 0 bridgehead atoms. The van der Waals surface area contributed by atoms with Crippen LogP contribution in [0.5, 0.6) is 0 Å².